The molecular weight excluding hydrogens is 392 g/mol. The third-order valence-electron chi connectivity index (χ3n) is 5.20. The van der Waals surface area contributed by atoms with E-state index in [0.717, 1.165) is 16.7 Å². The number of imidazole rings is 1. The average Bonchev–Trinajstić information content (AvgIpc) is 3.24. The first-order valence-corrected chi connectivity index (χ1v) is 9.73. The third kappa shape index (κ3) is 3.46. The maximum atomic E-state index is 13.1. The van der Waals surface area contributed by atoms with Gasteiger partial charge in [-0.25, -0.2) is 14.8 Å². The first-order valence-electron chi connectivity index (χ1n) is 9.73. The molecule has 0 aliphatic rings. The van der Waals surface area contributed by atoms with E-state index in [1.54, 1.807) is 21.5 Å². The molecule has 3 aromatic heterocycles. The number of esters is 1. The zero-order valence-electron chi connectivity index (χ0n) is 16.7. The molecule has 0 N–H and O–H groups in total. The van der Waals surface area contributed by atoms with Crippen LogP contribution < -0.4 is 5.56 Å². The highest BCUT2D eigenvalue weighted by atomic mass is 16.5. The number of hydrogen-bond acceptors (Lipinski definition) is 5. The number of ether oxygens (including phenoxy) is 1. The van der Waals surface area contributed by atoms with Crippen LogP contribution in [0.2, 0.25) is 0 Å². The highest BCUT2D eigenvalue weighted by Gasteiger charge is 2.12. The monoisotopic (exact) mass is 410 g/mol. The Morgan fingerprint density at radius 1 is 1.00 bits per heavy atom. The number of aromatic nitrogens is 4. The van der Waals surface area contributed by atoms with E-state index >= 15 is 0 Å². The molecule has 0 saturated carbocycles. The molecule has 0 fully saturated rings. The molecule has 7 nitrogen and oxygen atoms in total. The summed E-state index contributed by atoms with van der Waals surface area (Å²) in [5, 5.41) is 0.553. The van der Waals surface area contributed by atoms with Crippen LogP contribution in [-0.2, 0) is 11.3 Å². The number of carbonyl (C=O) groups is 1. The van der Waals surface area contributed by atoms with Gasteiger partial charge in [0.1, 0.15) is 5.65 Å². The van der Waals surface area contributed by atoms with Crippen LogP contribution in [0.4, 0.5) is 0 Å². The Kier molecular flexibility index (Phi) is 4.55. The number of methoxy groups -OCH3 is 1. The maximum Gasteiger partial charge on any atom is 0.358 e. The molecule has 3 heterocycles. The lowest BCUT2D eigenvalue weighted by atomic mass is 10.1. The topological polar surface area (TPSA) is 78.5 Å². The molecular formula is C24H18N4O3. The summed E-state index contributed by atoms with van der Waals surface area (Å²) in [5.74, 6) is -0.485. The lowest BCUT2D eigenvalue weighted by Gasteiger charge is -2.08. The summed E-state index contributed by atoms with van der Waals surface area (Å²) in [7, 11) is 1.32. The molecule has 0 radical (unpaired) electrons. The van der Waals surface area contributed by atoms with Crippen LogP contribution in [0.5, 0.6) is 0 Å². The zero-order chi connectivity index (χ0) is 21.4. The van der Waals surface area contributed by atoms with Crippen LogP contribution in [0, 0.1) is 0 Å². The Hall–Kier alpha value is -4.26. The summed E-state index contributed by atoms with van der Waals surface area (Å²) in [4.78, 5) is 33.5. The van der Waals surface area contributed by atoms with Crippen LogP contribution in [0.15, 0.2) is 84.2 Å². The molecule has 0 atom stereocenters. The number of rotatable bonds is 4. The van der Waals surface area contributed by atoms with E-state index in [1.807, 2.05) is 66.9 Å². The highest BCUT2D eigenvalue weighted by molar-refractivity contribution is 5.88. The van der Waals surface area contributed by atoms with Gasteiger partial charge in [0.15, 0.2) is 5.69 Å². The van der Waals surface area contributed by atoms with Gasteiger partial charge < -0.3 is 9.14 Å². The predicted octanol–water partition coefficient (Wildman–Crippen LogP) is 3.55. The first-order chi connectivity index (χ1) is 15.1. The lowest BCUT2D eigenvalue weighted by molar-refractivity contribution is 0.0595. The molecule has 2 aromatic carbocycles. The number of carbonyl (C=O) groups excluding carboxylic acids is 1. The van der Waals surface area contributed by atoms with Gasteiger partial charge in [0.25, 0.3) is 5.56 Å². The maximum absolute atomic E-state index is 13.1. The molecule has 0 spiro atoms. The molecule has 0 saturated heterocycles. The van der Waals surface area contributed by atoms with Crippen molar-refractivity contribution in [3.63, 3.8) is 0 Å². The summed E-state index contributed by atoms with van der Waals surface area (Å²) in [6.45, 7) is 0.462. The van der Waals surface area contributed by atoms with E-state index in [2.05, 4.69) is 9.97 Å². The lowest BCUT2D eigenvalue weighted by Crippen LogP contribution is -2.21. The number of hydrogen-bond donors (Lipinski definition) is 0. The second-order valence-electron chi connectivity index (χ2n) is 7.20. The van der Waals surface area contributed by atoms with Crippen molar-refractivity contribution in [3.05, 3.63) is 101 Å². The molecule has 5 rings (SSSR count). The number of nitrogens with zero attached hydrogens (tertiary/aromatic N) is 4. The van der Waals surface area contributed by atoms with Gasteiger partial charge in [0.05, 0.1) is 30.9 Å². The normalized spacial score (nSPS) is 11.1. The summed E-state index contributed by atoms with van der Waals surface area (Å²) in [6, 6.07) is 19.2. The van der Waals surface area contributed by atoms with Gasteiger partial charge in [-0.05, 0) is 41.0 Å². The average molecular weight is 410 g/mol. The predicted molar refractivity (Wildman–Crippen MR) is 117 cm³/mol. The van der Waals surface area contributed by atoms with Gasteiger partial charge in [0, 0.05) is 12.4 Å². The smallest absolute Gasteiger partial charge is 0.358 e. The van der Waals surface area contributed by atoms with Gasteiger partial charge >= 0.3 is 5.97 Å². The number of pyridine rings is 1. The van der Waals surface area contributed by atoms with Crippen molar-refractivity contribution in [1.82, 2.24) is 18.9 Å². The van der Waals surface area contributed by atoms with E-state index in [0.29, 0.717) is 23.1 Å². The van der Waals surface area contributed by atoms with Crippen LogP contribution >= 0.6 is 0 Å². The van der Waals surface area contributed by atoms with Gasteiger partial charge in [-0.3, -0.25) is 9.36 Å². The largest absolute Gasteiger partial charge is 0.464 e. The molecule has 31 heavy (non-hydrogen) atoms. The summed E-state index contributed by atoms with van der Waals surface area (Å²) in [6.07, 6.45) is 5.08. The summed E-state index contributed by atoms with van der Waals surface area (Å²) in [5.41, 5.74) is 4.24. The minimum absolute atomic E-state index is 0.0904. The summed E-state index contributed by atoms with van der Waals surface area (Å²) < 4.78 is 8.12. The Morgan fingerprint density at radius 3 is 2.61 bits per heavy atom. The standard InChI is InChI=1S/C24H18N4O3/c1-31-24(30)21-14-27-13-18(8-10-22(27)26-21)17-7-9-20-19(11-17)23(29)28(15-25-20)12-16-5-3-2-4-6-16/h2-11,13-15H,12H2,1H3. The van der Waals surface area contributed by atoms with Gasteiger partial charge in [-0.1, -0.05) is 36.4 Å². The van der Waals surface area contributed by atoms with E-state index in [-0.39, 0.29) is 11.3 Å². The summed E-state index contributed by atoms with van der Waals surface area (Å²) >= 11 is 0. The second-order valence-corrected chi connectivity index (χ2v) is 7.20. The fraction of sp³-hybridized carbons (Fsp3) is 0.0833. The number of benzene rings is 2. The van der Waals surface area contributed by atoms with E-state index in [4.69, 9.17) is 4.74 Å². The molecule has 0 aliphatic heterocycles. The SMILES string of the molecule is COC(=O)c1cn2cc(-c3ccc4ncn(Cc5ccccc5)c(=O)c4c3)ccc2n1. The van der Waals surface area contributed by atoms with Gasteiger partial charge in [0.2, 0.25) is 0 Å². The van der Waals surface area contributed by atoms with Crippen molar-refractivity contribution in [2.24, 2.45) is 0 Å². The third-order valence-corrected chi connectivity index (χ3v) is 5.20. The molecule has 5 aromatic rings. The van der Waals surface area contributed by atoms with Crippen LogP contribution in [0.1, 0.15) is 16.1 Å². The Labute approximate surface area is 177 Å². The van der Waals surface area contributed by atoms with Crippen molar-refractivity contribution in [2.75, 3.05) is 7.11 Å². The van der Waals surface area contributed by atoms with Gasteiger partial charge in [-0.15, -0.1) is 0 Å². The molecule has 0 unspecified atom stereocenters. The molecule has 152 valence electrons. The minimum atomic E-state index is -0.485. The fourth-order valence-electron chi connectivity index (χ4n) is 3.60. The van der Waals surface area contributed by atoms with Crippen LogP contribution in [0.3, 0.4) is 0 Å². The minimum Gasteiger partial charge on any atom is -0.464 e. The van der Waals surface area contributed by atoms with Crippen LogP contribution in [-0.4, -0.2) is 32.0 Å². The molecule has 0 aliphatic carbocycles. The Balaban J connectivity index is 1.56. The first kappa shape index (κ1) is 18.7. The quantitative estimate of drug-likeness (QED) is 0.424. The van der Waals surface area contributed by atoms with Crippen molar-refractivity contribution in [3.8, 4) is 11.1 Å². The van der Waals surface area contributed by atoms with Crippen molar-refractivity contribution in [1.29, 1.82) is 0 Å². The molecule has 0 bridgehead atoms. The van der Waals surface area contributed by atoms with Crippen LogP contribution in [0.25, 0.3) is 27.7 Å². The van der Waals surface area contributed by atoms with Gasteiger partial charge in [-0.2, -0.15) is 0 Å². The fourth-order valence-corrected chi connectivity index (χ4v) is 3.60. The zero-order valence-corrected chi connectivity index (χ0v) is 16.7. The number of fused-ring (bicyclic) bond motifs is 2. The molecule has 7 heteroatoms. The molecule has 0 amide bonds. The Morgan fingerprint density at radius 2 is 1.81 bits per heavy atom. The Bertz CT molecular complexity index is 1490. The van der Waals surface area contributed by atoms with Crippen molar-refractivity contribution in [2.45, 2.75) is 6.54 Å². The van der Waals surface area contributed by atoms with E-state index in [9.17, 15) is 9.59 Å². The van der Waals surface area contributed by atoms with E-state index < -0.39 is 5.97 Å². The highest BCUT2D eigenvalue weighted by Crippen LogP contribution is 2.23. The second kappa shape index (κ2) is 7.53. The van der Waals surface area contributed by atoms with E-state index in [1.165, 1.54) is 7.11 Å². The van der Waals surface area contributed by atoms with Crippen molar-refractivity contribution < 1.29 is 9.53 Å². The van der Waals surface area contributed by atoms with Crippen molar-refractivity contribution >= 4 is 22.5 Å².